The van der Waals surface area contributed by atoms with Crippen LogP contribution in [0.3, 0.4) is 0 Å². The minimum absolute atomic E-state index is 0.124. The van der Waals surface area contributed by atoms with Crippen molar-refractivity contribution in [1.29, 1.82) is 0 Å². The van der Waals surface area contributed by atoms with Gasteiger partial charge in [-0.2, -0.15) is 11.8 Å². The van der Waals surface area contributed by atoms with Crippen molar-refractivity contribution in [1.82, 2.24) is 10.2 Å². The van der Waals surface area contributed by atoms with Crippen LogP contribution in [0.15, 0.2) is 0 Å². The Morgan fingerprint density at radius 1 is 1.33 bits per heavy atom. The molecule has 2 fully saturated rings. The number of carbonyl (C=O) groups is 2. The van der Waals surface area contributed by atoms with Gasteiger partial charge in [0.2, 0.25) is 0 Å². The maximum atomic E-state index is 12.0. The molecular weight excluding hydrogens is 252 g/mol. The summed E-state index contributed by atoms with van der Waals surface area (Å²) in [6, 6.07) is -0.124. The van der Waals surface area contributed by atoms with Gasteiger partial charge in [-0.3, -0.25) is 4.79 Å². The summed E-state index contributed by atoms with van der Waals surface area (Å²) in [6.45, 7) is 5.95. The van der Waals surface area contributed by atoms with E-state index in [0.29, 0.717) is 23.3 Å². The minimum atomic E-state index is -0.793. The molecule has 5 nitrogen and oxygen atoms in total. The number of thioether (sulfide) groups is 1. The van der Waals surface area contributed by atoms with Gasteiger partial charge in [0, 0.05) is 30.1 Å². The number of hydrogen-bond acceptors (Lipinski definition) is 3. The Kier molecular flexibility index (Phi) is 3.75. The molecule has 0 bridgehead atoms. The van der Waals surface area contributed by atoms with E-state index in [1.807, 2.05) is 11.8 Å². The summed E-state index contributed by atoms with van der Waals surface area (Å²) in [7, 11) is 0. The monoisotopic (exact) mass is 272 g/mol. The zero-order valence-electron chi connectivity index (χ0n) is 10.8. The first-order valence-corrected chi connectivity index (χ1v) is 7.29. The standard InChI is InChI=1S/C12H20N2O3S/c1-8-5-14(6-9(2)18-8)11(17)13-7-12(3-4-12)10(15)16/h8-9H,3-7H2,1-2H3,(H,13,17)(H,15,16). The largest absolute Gasteiger partial charge is 0.481 e. The lowest BCUT2D eigenvalue weighted by atomic mass is 10.1. The molecule has 2 N–H and O–H groups in total. The van der Waals surface area contributed by atoms with Crippen LogP contribution >= 0.6 is 11.8 Å². The maximum absolute atomic E-state index is 12.0. The summed E-state index contributed by atoms with van der Waals surface area (Å²) in [5.74, 6) is -0.793. The van der Waals surface area contributed by atoms with Gasteiger partial charge in [-0.25, -0.2) is 4.79 Å². The van der Waals surface area contributed by atoms with E-state index in [-0.39, 0.29) is 12.6 Å². The second-order valence-electron chi connectivity index (χ2n) is 5.41. The third-order valence-corrected chi connectivity index (χ3v) is 4.82. The van der Waals surface area contributed by atoms with Crippen molar-refractivity contribution in [3.63, 3.8) is 0 Å². The molecule has 0 aromatic heterocycles. The molecule has 0 spiro atoms. The first-order valence-electron chi connectivity index (χ1n) is 6.34. The summed E-state index contributed by atoms with van der Waals surface area (Å²) in [5, 5.41) is 12.7. The first-order chi connectivity index (χ1) is 8.43. The van der Waals surface area contributed by atoms with Gasteiger partial charge < -0.3 is 15.3 Å². The van der Waals surface area contributed by atoms with Crippen LogP contribution in [0.2, 0.25) is 0 Å². The van der Waals surface area contributed by atoms with Crippen LogP contribution in [0.1, 0.15) is 26.7 Å². The van der Waals surface area contributed by atoms with E-state index in [0.717, 1.165) is 13.1 Å². The van der Waals surface area contributed by atoms with Crippen LogP contribution in [-0.4, -0.2) is 52.1 Å². The number of urea groups is 1. The van der Waals surface area contributed by atoms with Crippen LogP contribution in [0.4, 0.5) is 4.79 Å². The van der Waals surface area contributed by atoms with E-state index in [1.165, 1.54) is 0 Å². The molecule has 2 amide bonds. The van der Waals surface area contributed by atoms with Crippen molar-refractivity contribution in [3.8, 4) is 0 Å². The number of aliphatic carboxylic acids is 1. The van der Waals surface area contributed by atoms with Crippen LogP contribution in [0.25, 0.3) is 0 Å². The average molecular weight is 272 g/mol. The van der Waals surface area contributed by atoms with Crippen molar-refractivity contribution in [2.24, 2.45) is 5.41 Å². The fourth-order valence-electron chi connectivity index (χ4n) is 2.32. The SMILES string of the molecule is CC1CN(C(=O)NCC2(C(=O)O)CC2)CC(C)S1. The lowest BCUT2D eigenvalue weighted by Crippen LogP contribution is -2.50. The third kappa shape index (κ3) is 2.91. The molecule has 1 saturated heterocycles. The number of amides is 2. The van der Waals surface area contributed by atoms with E-state index >= 15 is 0 Å². The average Bonchev–Trinajstić information content (AvgIpc) is 3.05. The Morgan fingerprint density at radius 2 is 1.89 bits per heavy atom. The van der Waals surface area contributed by atoms with Crippen LogP contribution < -0.4 is 5.32 Å². The molecule has 18 heavy (non-hydrogen) atoms. The predicted octanol–water partition coefficient (Wildman–Crippen LogP) is 1.39. The number of carbonyl (C=O) groups excluding carboxylic acids is 1. The van der Waals surface area contributed by atoms with Crippen molar-refractivity contribution in [2.75, 3.05) is 19.6 Å². The second kappa shape index (κ2) is 4.99. The Balaban J connectivity index is 1.83. The Labute approximate surface area is 111 Å². The molecule has 2 unspecified atom stereocenters. The molecule has 0 aromatic rings. The zero-order valence-corrected chi connectivity index (χ0v) is 11.6. The highest BCUT2D eigenvalue weighted by Crippen LogP contribution is 2.45. The number of rotatable bonds is 3. The highest BCUT2D eigenvalue weighted by Gasteiger charge is 2.50. The molecular formula is C12H20N2O3S. The van der Waals surface area contributed by atoms with E-state index in [1.54, 1.807) is 4.90 Å². The smallest absolute Gasteiger partial charge is 0.317 e. The van der Waals surface area contributed by atoms with Gasteiger partial charge in [0.1, 0.15) is 0 Å². The van der Waals surface area contributed by atoms with E-state index in [9.17, 15) is 9.59 Å². The zero-order chi connectivity index (χ0) is 13.3. The van der Waals surface area contributed by atoms with Gasteiger partial charge in [-0.1, -0.05) is 13.8 Å². The summed E-state index contributed by atoms with van der Waals surface area (Å²) < 4.78 is 0. The van der Waals surface area contributed by atoms with E-state index in [4.69, 9.17) is 5.11 Å². The molecule has 2 aliphatic rings. The van der Waals surface area contributed by atoms with Crippen LogP contribution in [0.5, 0.6) is 0 Å². The molecule has 1 aliphatic heterocycles. The van der Waals surface area contributed by atoms with E-state index < -0.39 is 11.4 Å². The fourth-order valence-corrected chi connectivity index (χ4v) is 3.64. The highest BCUT2D eigenvalue weighted by molar-refractivity contribution is 8.00. The summed E-state index contributed by atoms with van der Waals surface area (Å²) in [4.78, 5) is 24.8. The summed E-state index contributed by atoms with van der Waals surface area (Å²) >= 11 is 1.89. The predicted molar refractivity (Wildman–Crippen MR) is 70.8 cm³/mol. The number of carboxylic acid groups (broad SMARTS) is 1. The summed E-state index contributed by atoms with van der Waals surface area (Å²) in [6.07, 6.45) is 1.34. The van der Waals surface area contributed by atoms with Gasteiger partial charge in [0.15, 0.2) is 0 Å². The van der Waals surface area contributed by atoms with Crippen LogP contribution in [0, 0.1) is 5.41 Å². The molecule has 0 radical (unpaired) electrons. The van der Waals surface area contributed by atoms with Gasteiger partial charge in [0.25, 0.3) is 0 Å². The van der Waals surface area contributed by atoms with E-state index in [2.05, 4.69) is 19.2 Å². The Bertz CT molecular complexity index is 347. The molecule has 102 valence electrons. The number of nitrogens with zero attached hydrogens (tertiary/aromatic N) is 1. The van der Waals surface area contributed by atoms with Gasteiger partial charge >= 0.3 is 12.0 Å². The van der Waals surface area contributed by atoms with Crippen molar-refractivity contribution >= 4 is 23.8 Å². The lowest BCUT2D eigenvalue weighted by molar-refractivity contribution is -0.143. The van der Waals surface area contributed by atoms with Crippen molar-refractivity contribution < 1.29 is 14.7 Å². The molecule has 2 rings (SSSR count). The lowest BCUT2D eigenvalue weighted by Gasteiger charge is -2.34. The van der Waals surface area contributed by atoms with Crippen molar-refractivity contribution in [3.05, 3.63) is 0 Å². The first kappa shape index (κ1) is 13.5. The third-order valence-electron chi connectivity index (χ3n) is 3.59. The molecule has 6 heteroatoms. The highest BCUT2D eigenvalue weighted by atomic mass is 32.2. The number of nitrogens with one attached hydrogen (secondary N) is 1. The number of carboxylic acids is 1. The molecule has 0 aromatic carbocycles. The van der Waals surface area contributed by atoms with Gasteiger partial charge in [-0.05, 0) is 12.8 Å². The Hall–Kier alpha value is -0.910. The quantitative estimate of drug-likeness (QED) is 0.814. The summed E-state index contributed by atoms with van der Waals surface area (Å²) in [5.41, 5.74) is -0.683. The molecule has 1 saturated carbocycles. The topological polar surface area (TPSA) is 69.6 Å². The van der Waals surface area contributed by atoms with Crippen LogP contribution in [-0.2, 0) is 4.79 Å². The van der Waals surface area contributed by atoms with Crippen molar-refractivity contribution in [2.45, 2.75) is 37.2 Å². The normalized spacial score (nSPS) is 29.8. The molecule has 1 aliphatic carbocycles. The minimum Gasteiger partial charge on any atom is -0.481 e. The van der Waals surface area contributed by atoms with Gasteiger partial charge in [0.05, 0.1) is 5.41 Å². The van der Waals surface area contributed by atoms with Gasteiger partial charge in [-0.15, -0.1) is 0 Å². The maximum Gasteiger partial charge on any atom is 0.317 e. The fraction of sp³-hybridized carbons (Fsp3) is 0.833. The second-order valence-corrected chi connectivity index (χ2v) is 7.29. The Morgan fingerprint density at radius 3 is 2.33 bits per heavy atom. The number of hydrogen-bond donors (Lipinski definition) is 2. The molecule has 2 atom stereocenters. The molecule has 1 heterocycles.